The van der Waals surface area contributed by atoms with Crippen LogP contribution in [0.3, 0.4) is 0 Å². The van der Waals surface area contributed by atoms with Crippen LogP contribution >= 0.6 is 7.82 Å². The van der Waals surface area contributed by atoms with Crippen LogP contribution in [0.25, 0.3) is 0 Å². The van der Waals surface area contributed by atoms with Gasteiger partial charge in [-0.15, -0.1) is 0 Å². The van der Waals surface area contributed by atoms with Crippen LogP contribution in [-0.4, -0.2) is 113 Å². The summed E-state index contributed by atoms with van der Waals surface area (Å²) in [5.74, 6) is 0. The third-order valence-electron chi connectivity index (χ3n) is 5.24. The molecule has 1 fully saturated rings. The van der Waals surface area contributed by atoms with Crippen LogP contribution in [0.5, 0.6) is 0 Å². The summed E-state index contributed by atoms with van der Waals surface area (Å²) in [6.45, 7) is 1.62. The second-order valence-electron chi connectivity index (χ2n) is 8.04. The molecule has 0 aromatic carbocycles. The molecule has 17 heteroatoms. The van der Waals surface area contributed by atoms with Gasteiger partial charge in [0, 0.05) is 23.6 Å². The smallest absolute Gasteiger partial charge is 0.396 e. The highest BCUT2D eigenvalue weighted by Crippen LogP contribution is 2.38. The van der Waals surface area contributed by atoms with Crippen molar-refractivity contribution < 1.29 is 59.4 Å². The molecule has 0 aliphatic carbocycles. The van der Waals surface area contributed by atoms with E-state index < -0.39 is 55.6 Å². The number of aliphatic hydroxyl groups is 7. The van der Waals surface area contributed by atoms with E-state index in [0.717, 1.165) is 4.57 Å². The molecule has 1 aliphatic rings. The van der Waals surface area contributed by atoms with E-state index in [0.29, 0.717) is 12.0 Å². The van der Waals surface area contributed by atoms with Gasteiger partial charge >= 0.3 is 13.5 Å². The summed E-state index contributed by atoms with van der Waals surface area (Å²) in [7, 11) is -4.67. The molecule has 212 valence electrons. The summed E-state index contributed by atoms with van der Waals surface area (Å²) in [5, 5.41) is 59.8. The molecule has 0 amide bonds. The number of phosphoric acid groups is 1. The van der Waals surface area contributed by atoms with Crippen molar-refractivity contribution in [3.05, 3.63) is 32.6 Å². The van der Waals surface area contributed by atoms with Crippen LogP contribution in [0.2, 0.25) is 0 Å². The first kappa shape index (κ1) is 34.5. The molecule has 1 aromatic rings. The molecule has 0 unspecified atom stereocenters. The number of aromatic nitrogens is 2. The second kappa shape index (κ2) is 16.3. The van der Waals surface area contributed by atoms with E-state index in [9.17, 15) is 19.3 Å². The standard InChI is InChI=1S/C10H15N2O8P.C6H14O3.C3H8O3/c1-5-3-12(10(15)11-9(5)14)8-2-6(13)7(20-8)4-19-21(16,17)18;1-2-6(3-7,4-8)5-9;4-1-3(6)2-5/h3,6-8,13H,2,4H2,1H3,(H,11,14,15)(H2,16,17,18);7-9H,2-5H2,1H3;3-6H,1-2H2/t6-,7+,8+;;/m0../s1. The van der Waals surface area contributed by atoms with Gasteiger partial charge in [0.25, 0.3) is 5.56 Å². The summed E-state index contributed by atoms with van der Waals surface area (Å²) in [6.07, 6.45) is -1.93. The van der Waals surface area contributed by atoms with E-state index >= 15 is 0 Å². The minimum absolute atomic E-state index is 0.0283. The van der Waals surface area contributed by atoms with Crippen molar-refractivity contribution in [2.75, 3.05) is 39.6 Å². The third-order valence-corrected chi connectivity index (χ3v) is 5.73. The molecule has 1 aliphatic heterocycles. The van der Waals surface area contributed by atoms with Crippen LogP contribution < -0.4 is 11.2 Å². The van der Waals surface area contributed by atoms with Crippen molar-refractivity contribution in [3.63, 3.8) is 0 Å². The average Bonchev–Trinajstić information content (AvgIpc) is 3.22. The fourth-order valence-electron chi connectivity index (χ4n) is 2.55. The topological polar surface area (TPSA) is 272 Å². The van der Waals surface area contributed by atoms with Gasteiger partial charge in [-0.2, -0.15) is 0 Å². The van der Waals surface area contributed by atoms with Gasteiger partial charge in [-0.05, 0) is 13.3 Å². The predicted octanol–water partition coefficient (Wildman–Crippen LogP) is -3.71. The number of hydrogen-bond acceptors (Lipinski definition) is 12. The SMILES string of the molecule is CCC(CO)(CO)CO.Cc1cn([C@H]2C[C@H](O)[C@@H](COP(=O)(O)O)O2)c(=O)[nH]c1=O.OCC(O)CO. The summed E-state index contributed by atoms with van der Waals surface area (Å²) in [6, 6.07) is 0. The lowest BCUT2D eigenvalue weighted by molar-refractivity contribution is -0.0451. The van der Waals surface area contributed by atoms with Crippen LogP contribution in [0.15, 0.2) is 15.8 Å². The zero-order valence-electron chi connectivity index (χ0n) is 20.0. The zero-order chi connectivity index (χ0) is 28.1. The Morgan fingerprint density at radius 1 is 1.17 bits per heavy atom. The summed E-state index contributed by atoms with van der Waals surface area (Å²) in [4.78, 5) is 42.3. The number of ether oxygens (including phenoxy) is 1. The Labute approximate surface area is 206 Å². The largest absolute Gasteiger partial charge is 0.469 e. The lowest BCUT2D eigenvalue weighted by Crippen LogP contribution is -2.33. The Kier molecular flexibility index (Phi) is 15.6. The highest BCUT2D eigenvalue weighted by atomic mass is 31.2. The van der Waals surface area contributed by atoms with E-state index in [1.54, 1.807) is 0 Å². The van der Waals surface area contributed by atoms with E-state index in [4.69, 9.17) is 45.2 Å². The molecule has 36 heavy (non-hydrogen) atoms. The minimum Gasteiger partial charge on any atom is -0.396 e. The lowest BCUT2D eigenvalue weighted by atomic mass is 9.88. The van der Waals surface area contributed by atoms with Crippen LogP contribution in [-0.2, 0) is 13.8 Å². The fourth-order valence-corrected chi connectivity index (χ4v) is 2.89. The molecule has 0 saturated carbocycles. The van der Waals surface area contributed by atoms with Crippen LogP contribution in [0, 0.1) is 12.3 Å². The van der Waals surface area contributed by atoms with Crippen molar-refractivity contribution in [1.82, 2.24) is 9.55 Å². The molecular weight excluding hydrogens is 511 g/mol. The number of aliphatic hydroxyl groups excluding tert-OH is 7. The maximum Gasteiger partial charge on any atom is 0.469 e. The Hall–Kier alpha value is -1.53. The van der Waals surface area contributed by atoms with Crippen molar-refractivity contribution >= 4 is 7.82 Å². The number of nitrogens with one attached hydrogen (secondary N) is 1. The molecular formula is C19H37N2O14P. The van der Waals surface area contributed by atoms with Crippen LogP contribution in [0.1, 0.15) is 31.6 Å². The normalized spacial score (nSPS) is 19.9. The molecule has 1 saturated heterocycles. The molecule has 0 radical (unpaired) electrons. The third kappa shape index (κ3) is 11.7. The fraction of sp³-hybridized carbons (Fsp3) is 0.789. The van der Waals surface area contributed by atoms with Crippen molar-refractivity contribution in [3.8, 4) is 0 Å². The molecule has 0 bridgehead atoms. The quantitative estimate of drug-likeness (QED) is 0.126. The summed E-state index contributed by atoms with van der Waals surface area (Å²) >= 11 is 0. The van der Waals surface area contributed by atoms with Crippen molar-refractivity contribution in [2.45, 2.75) is 51.2 Å². The Morgan fingerprint density at radius 2 is 1.69 bits per heavy atom. The van der Waals surface area contributed by atoms with E-state index in [1.807, 2.05) is 6.92 Å². The Bertz CT molecular complexity index is 891. The molecule has 2 rings (SSSR count). The van der Waals surface area contributed by atoms with Crippen LogP contribution in [0.4, 0.5) is 0 Å². The number of H-pyrrole nitrogens is 1. The predicted molar refractivity (Wildman–Crippen MR) is 123 cm³/mol. The van der Waals surface area contributed by atoms with Gasteiger partial charge in [0.1, 0.15) is 18.4 Å². The zero-order valence-corrected chi connectivity index (χ0v) is 20.9. The molecule has 0 spiro atoms. The van der Waals surface area contributed by atoms with Gasteiger partial charge in [-0.25, -0.2) is 9.36 Å². The number of hydrogen-bond donors (Lipinski definition) is 10. The first-order chi connectivity index (χ1) is 16.7. The number of phosphoric ester groups is 1. The highest BCUT2D eigenvalue weighted by molar-refractivity contribution is 7.46. The maximum atomic E-state index is 11.7. The van der Waals surface area contributed by atoms with Gasteiger partial charge in [-0.3, -0.25) is 18.9 Å². The monoisotopic (exact) mass is 548 g/mol. The van der Waals surface area contributed by atoms with Gasteiger partial charge in [-0.1, -0.05) is 6.92 Å². The number of aromatic amines is 1. The Balaban J connectivity index is 0.000000675. The molecule has 1 aromatic heterocycles. The average molecular weight is 548 g/mol. The lowest BCUT2D eigenvalue weighted by Gasteiger charge is -2.24. The summed E-state index contributed by atoms with van der Waals surface area (Å²) in [5.41, 5.74) is -1.59. The van der Waals surface area contributed by atoms with E-state index in [2.05, 4.69) is 9.51 Å². The molecule has 2 heterocycles. The molecule has 16 nitrogen and oxygen atoms in total. The second-order valence-corrected chi connectivity index (χ2v) is 9.28. The highest BCUT2D eigenvalue weighted by Gasteiger charge is 2.37. The molecule has 10 N–H and O–H groups in total. The van der Waals surface area contributed by atoms with Gasteiger partial charge < -0.3 is 50.3 Å². The van der Waals surface area contributed by atoms with Gasteiger partial charge in [0.2, 0.25) is 0 Å². The first-order valence-electron chi connectivity index (χ1n) is 10.8. The molecule has 3 atom stereocenters. The summed E-state index contributed by atoms with van der Waals surface area (Å²) < 4.78 is 21.4. The van der Waals surface area contributed by atoms with E-state index in [1.165, 1.54) is 13.1 Å². The van der Waals surface area contributed by atoms with Crippen molar-refractivity contribution in [1.29, 1.82) is 0 Å². The first-order valence-corrected chi connectivity index (χ1v) is 12.3. The van der Waals surface area contributed by atoms with Gasteiger partial charge in [0.05, 0.1) is 45.7 Å². The number of nitrogens with zero attached hydrogens (tertiary/aromatic N) is 1. The maximum absolute atomic E-state index is 11.7. The van der Waals surface area contributed by atoms with Gasteiger partial charge in [0.15, 0.2) is 0 Å². The number of aryl methyl sites for hydroxylation is 1. The van der Waals surface area contributed by atoms with E-state index in [-0.39, 0.29) is 39.5 Å². The minimum atomic E-state index is -4.67. The van der Waals surface area contributed by atoms with Crippen molar-refractivity contribution in [2.24, 2.45) is 5.41 Å². The number of rotatable bonds is 10. The Morgan fingerprint density at radius 3 is 2.06 bits per heavy atom.